The number of amides is 1. The van der Waals surface area contributed by atoms with Crippen LogP contribution >= 0.6 is 15.9 Å². The van der Waals surface area contributed by atoms with E-state index >= 15 is 0 Å². The van der Waals surface area contributed by atoms with Crippen molar-refractivity contribution in [3.8, 4) is 5.88 Å². The molecule has 0 bridgehead atoms. The number of carbonyl (C=O) groups is 1. The van der Waals surface area contributed by atoms with Crippen molar-refractivity contribution >= 4 is 21.8 Å². The number of methoxy groups -OCH3 is 1. The molecule has 1 heterocycles. The molecule has 0 unspecified atom stereocenters. The fourth-order valence-electron chi connectivity index (χ4n) is 1.09. The average molecular weight is 273 g/mol. The zero-order chi connectivity index (χ0) is 11.4. The number of ether oxygens (including phenoxy) is 1. The van der Waals surface area contributed by atoms with Crippen molar-refractivity contribution in [2.45, 2.75) is 19.9 Å². The van der Waals surface area contributed by atoms with Crippen LogP contribution in [0.15, 0.2) is 16.7 Å². The molecular weight excluding hydrogens is 260 g/mol. The number of rotatable bonds is 3. The Kier molecular flexibility index (Phi) is 4.08. The van der Waals surface area contributed by atoms with Crippen molar-refractivity contribution in [3.63, 3.8) is 0 Å². The Morgan fingerprint density at radius 1 is 1.60 bits per heavy atom. The number of hydrogen-bond acceptors (Lipinski definition) is 3. The molecule has 0 aliphatic heterocycles. The van der Waals surface area contributed by atoms with Crippen LogP contribution in [-0.2, 0) is 0 Å². The highest BCUT2D eigenvalue weighted by Crippen LogP contribution is 2.19. The molecule has 1 rings (SSSR count). The molecule has 1 amide bonds. The summed E-state index contributed by atoms with van der Waals surface area (Å²) in [6.45, 7) is 3.80. The third-order valence-electron chi connectivity index (χ3n) is 1.68. The highest BCUT2D eigenvalue weighted by Gasteiger charge is 2.14. The second-order valence-electron chi connectivity index (χ2n) is 3.34. The summed E-state index contributed by atoms with van der Waals surface area (Å²) in [6.07, 6.45) is 1.59. The maximum Gasteiger partial charge on any atom is 0.257 e. The number of pyridine rings is 1. The van der Waals surface area contributed by atoms with Crippen molar-refractivity contribution in [2.24, 2.45) is 0 Å². The molecule has 0 atom stereocenters. The Morgan fingerprint density at radius 2 is 2.27 bits per heavy atom. The summed E-state index contributed by atoms with van der Waals surface area (Å²) < 4.78 is 5.76. The molecule has 1 aromatic rings. The largest absolute Gasteiger partial charge is 0.480 e. The molecule has 0 fully saturated rings. The maximum atomic E-state index is 11.7. The lowest BCUT2D eigenvalue weighted by molar-refractivity contribution is 0.0939. The van der Waals surface area contributed by atoms with Gasteiger partial charge in [0.1, 0.15) is 5.56 Å². The van der Waals surface area contributed by atoms with Crippen LogP contribution in [0.25, 0.3) is 0 Å². The molecule has 82 valence electrons. The van der Waals surface area contributed by atoms with Crippen LogP contribution in [0.2, 0.25) is 0 Å². The van der Waals surface area contributed by atoms with Gasteiger partial charge in [0.2, 0.25) is 5.88 Å². The van der Waals surface area contributed by atoms with E-state index < -0.39 is 0 Å². The van der Waals surface area contributed by atoms with E-state index in [9.17, 15) is 4.79 Å². The topological polar surface area (TPSA) is 51.2 Å². The second kappa shape index (κ2) is 5.11. The summed E-state index contributed by atoms with van der Waals surface area (Å²) in [7, 11) is 1.49. The maximum absolute atomic E-state index is 11.7. The van der Waals surface area contributed by atoms with E-state index in [0.717, 1.165) is 4.47 Å². The predicted octanol–water partition coefficient (Wildman–Crippen LogP) is 1.99. The standard InChI is InChI=1S/C10H13BrN2O2/c1-6(2)13-9(14)8-4-7(11)5-12-10(8)15-3/h4-6H,1-3H3,(H,13,14). The van der Waals surface area contributed by atoms with Gasteiger partial charge in [-0.05, 0) is 35.8 Å². The van der Waals surface area contributed by atoms with Crippen LogP contribution < -0.4 is 10.1 Å². The smallest absolute Gasteiger partial charge is 0.257 e. The normalized spacial score (nSPS) is 10.2. The Morgan fingerprint density at radius 3 is 2.80 bits per heavy atom. The zero-order valence-electron chi connectivity index (χ0n) is 8.87. The van der Waals surface area contributed by atoms with E-state index in [1.165, 1.54) is 7.11 Å². The number of hydrogen-bond donors (Lipinski definition) is 1. The first-order valence-corrected chi connectivity index (χ1v) is 5.34. The number of carbonyl (C=O) groups excluding carboxylic acids is 1. The van der Waals surface area contributed by atoms with Crippen LogP contribution in [0.5, 0.6) is 5.88 Å². The number of aromatic nitrogens is 1. The fraction of sp³-hybridized carbons (Fsp3) is 0.400. The van der Waals surface area contributed by atoms with Gasteiger partial charge in [-0.2, -0.15) is 0 Å². The highest BCUT2D eigenvalue weighted by molar-refractivity contribution is 9.10. The zero-order valence-corrected chi connectivity index (χ0v) is 10.5. The molecular formula is C10H13BrN2O2. The van der Waals surface area contributed by atoms with Gasteiger partial charge in [-0.3, -0.25) is 4.79 Å². The third kappa shape index (κ3) is 3.20. The molecule has 0 spiro atoms. The van der Waals surface area contributed by atoms with Crippen molar-refractivity contribution in [2.75, 3.05) is 7.11 Å². The molecule has 0 aromatic carbocycles. The molecule has 0 aliphatic rings. The van der Waals surface area contributed by atoms with Crippen LogP contribution in [0.1, 0.15) is 24.2 Å². The van der Waals surface area contributed by atoms with Gasteiger partial charge >= 0.3 is 0 Å². The number of nitrogens with zero attached hydrogens (tertiary/aromatic N) is 1. The summed E-state index contributed by atoms with van der Waals surface area (Å²) in [5.74, 6) is 0.145. The SMILES string of the molecule is COc1ncc(Br)cc1C(=O)NC(C)C. The van der Waals surface area contributed by atoms with Crippen LogP contribution in [0.4, 0.5) is 0 Å². The van der Waals surface area contributed by atoms with Gasteiger partial charge < -0.3 is 10.1 Å². The van der Waals surface area contributed by atoms with E-state index in [4.69, 9.17) is 4.74 Å². The molecule has 1 N–H and O–H groups in total. The summed E-state index contributed by atoms with van der Waals surface area (Å²) in [4.78, 5) is 15.7. The third-order valence-corrected chi connectivity index (χ3v) is 2.11. The van der Waals surface area contributed by atoms with E-state index in [2.05, 4.69) is 26.2 Å². The van der Waals surface area contributed by atoms with Crippen LogP contribution in [-0.4, -0.2) is 24.0 Å². The molecule has 15 heavy (non-hydrogen) atoms. The monoisotopic (exact) mass is 272 g/mol. The Bertz CT molecular complexity index is 366. The van der Waals surface area contributed by atoms with Crippen molar-refractivity contribution < 1.29 is 9.53 Å². The minimum absolute atomic E-state index is 0.0844. The quantitative estimate of drug-likeness (QED) is 0.916. The minimum Gasteiger partial charge on any atom is -0.480 e. The van der Waals surface area contributed by atoms with Crippen LogP contribution in [0, 0.1) is 0 Å². The van der Waals surface area contributed by atoms with Gasteiger partial charge in [0.05, 0.1) is 7.11 Å². The minimum atomic E-state index is -0.185. The average Bonchev–Trinajstić information content (AvgIpc) is 2.16. The molecule has 0 aliphatic carbocycles. The van der Waals surface area contributed by atoms with E-state index in [1.807, 2.05) is 13.8 Å². The van der Waals surface area contributed by atoms with Gasteiger partial charge in [-0.15, -0.1) is 0 Å². The van der Waals surface area contributed by atoms with E-state index in [-0.39, 0.29) is 11.9 Å². The Hall–Kier alpha value is -1.10. The van der Waals surface area contributed by atoms with E-state index in [0.29, 0.717) is 11.4 Å². The lowest BCUT2D eigenvalue weighted by Crippen LogP contribution is -2.30. The Labute approximate surface area is 97.2 Å². The molecule has 0 radical (unpaired) electrons. The van der Waals surface area contributed by atoms with Crippen molar-refractivity contribution in [1.29, 1.82) is 0 Å². The summed E-state index contributed by atoms with van der Waals surface area (Å²) in [5.41, 5.74) is 0.431. The summed E-state index contributed by atoms with van der Waals surface area (Å²) in [5, 5.41) is 2.78. The van der Waals surface area contributed by atoms with Crippen LogP contribution in [0.3, 0.4) is 0 Å². The first-order valence-electron chi connectivity index (χ1n) is 4.55. The van der Waals surface area contributed by atoms with Gasteiger partial charge in [0.15, 0.2) is 0 Å². The molecule has 0 saturated heterocycles. The fourth-order valence-corrected chi connectivity index (χ4v) is 1.42. The summed E-state index contributed by atoms with van der Waals surface area (Å²) >= 11 is 3.26. The van der Waals surface area contributed by atoms with Gasteiger partial charge in [0.25, 0.3) is 5.91 Å². The first-order chi connectivity index (χ1) is 7.04. The van der Waals surface area contributed by atoms with Gasteiger partial charge in [0, 0.05) is 16.7 Å². The highest BCUT2D eigenvalue weighted by atomic mass is 79.9. The number of halogens is 1. The lowest BCUT2D eigenvalue weighted by Gasteiger charge is -2.10. The predicted molar refractivity (Wildman–Crippen MR) is 61.1 cm³/mol. The van der Waals surface area contributed by atoms with Crippen molar-refractivity contribution in [1.82, 2.24) is 10.3 Å². The number of nitrogens with one attached hydrogen (secondary N) is 1. The van der Waals surface area contributed by atoms with Crippen molar-refractivity contribution in [3.05, 3.63) is 22.3 Å². The lowest BCUT2D eigenvalue weighted by atomic mass is 10.2. The molecule has 4 nitrogen and oxygen atoms in total. The van der Waals surface area contributed by atoms with Gasteiger partial charge in [-0.1, -0.05) is 0 Å². The molecule has 1 aromatic heterocycles. The van der Waals surface area contributed by atoms with Gasteiger partial charge in [-0.25, -0.2) is 4.98 Å². The Balaban J connectivity index is 3.00. The first kappa shape index (κ1) is 12.0. The van der Waals surface area contributed by atoms with E-state index in [1.54, 1.807) is 12.3 Å². The molecule has 5 heteroatoms. The second-order valence-corrected chi connectivity index (χ2v) is 4.25. The molecule has 0 saturated carbocycles. The summed E-state index contributed by atoms with van der Waals surface area (Å²) in [6, 6.07) is 1.77.